The lowest BCUT2D eigenvalue weighted by Crippen LogP contribution is -2.38. The summed E-state index contributed by atoms with van der Waals surface area (Å²) in [5.41, 5.74) is 1.05. The monoisotopic (exact) mass is 382 g/mol. The van der Waals surface area contributed by atoms with Gasteiger partial charge in [-0.25, -0.2) is 12.8 Å². The molecule has 1 aliphatic heterocycles. The van der Waals surface area contributed by atoms with Crippen molar-refractivity contribution in [2.24, 2.45) is 0 Å². The zero-order valence-corrected chi connectivity index (χ0v) is 15.9. The Morgan fingerprint density at radius 1 is 1.31 bits per heavy atom. The number of sulfonamides is 1. The number of benzene rings is 1. The molecule has 0 atom stereocenters. The minimum atomic E-state index is -3.70. The lowest BCUT2D eigenvalue weighted by atomic mass is 10.1. The zero-order chi connectivity index (χ0) is 19.1. The molecule has 0 bridgehead atoms. The lowest BCUT2D eigenvalue weighted by Gasteiger charge is -2.27. The van der Waals surface area contributed by atoms with E-state index in [-0.39, 0.29) is 48.5 Å². The van der Waals surface area contributed by atoms with Gasteiger partial charge in [-0.15, -0.1) is 0 Å². The normalized spacial score (nSPS) is 17.1. The van der Waals surface area contributed by atoms with Crippen LogP contribution in [-0.4, -0.2) is 43.9 Å². The fourth-order valence-electron chi connectivity index (χ4n) is 3.12. The van der Waals surface area contributed by atoms with Crippen molar-refractivity contribution in [1.82, 2.24) is 9.62 Å². The first-order valence-corrected chi connectivity index (χ1v) is 10.1. The fraction of sp³-hybridized carbons (Fsp3) is 0.500. The van der Waals surface area contributed by atoms with Gasteiger partial charge in [0.05, 0.1) is 4.90 Å². The van der Waals surface area contributed by atoms with E-state index in [0.29, 0.717) is 16.5 Å². The number of nitrogens with one attached hydrogen (secondary N) is 1. The smallest absolute Gasteiger partial charge is 0.287 e. The van der Waals surface area contributed by atoms with Gasteiger partial charge in [0, 0.05) is 30.1 Å². The number of carbonyl (C=O) groups excluding carboxylic acids is 1. The molecule has 26 heavy (non-hydrogen) atoms. The first kappa shape index (κ1) is 18.8. The highest BCUT2D eigenvalue weighted by Crippen LogP contribution is 2.30. The number of fused-ring (bicyclic) bond motifs is 1. The van der Waals surface area contributed by atoms with Crippen LogP contribution in [0.25, 0.3) is 11.0 Å². The molecule has 3 rings (SSSR count). The molecule has 1 aliphatic rings. The van der Waals surface area contributed by atoms with E-state index in [2.05, 4.69) is 5.32 Å². The predicted molar refractivity (Wildman–Crippen MR) is 96.4 cm³/mol. The largest absolute Gasteiger partial charge is 0.451 e. The second-order valence-electron chi connectivity index (χ2n) is 6.92. The van der Waals surface area contributed by atoms with Crippen molar-refractivity contribution >= 4 is 26.9 Å². The molecule has 6 nitrogen and oxygen atoms in total. The minimum Gasteiger partial charge on any atom is -0.451 e. The summed E-state index contributed by atoms with van der Waals surface area (Å²) in [6, 6.07) is 4.51. The van der Waals surface area contributed by atoms with Gasteiger partial charge in [-0.1, -0.05) is 0 Å². The van der Waals surface area contributed by atoms with Crippen LogP contribution in [0.4, 0.5) is 4.39 Å². The van der Waals surface area contributed by atoms with E-state index < -0.39 is 16.2 Å². The maximum atomic E-state index is 13.3. The number of hydrogen-bond acceptors (Lipinski definition) is 4. The first-order chi connectivity index (χ1) is 12.2. The van der Waals surface area contributed by atoms with E-state index in [9.17, 15) is 17.6 Å². The number of hydrogen-bond donors (Lipinski definition) is 1. The fourth-order valence-corrected chi connectivity index (χ4v) is 4.61. The highest BCUT2D eigenvalue weighted by atomic mass is 32.2. The molecule has 8 heteroatoms. The van der Waals surface area contributed by atoms with Crippen LogP contribution in [0.5, 0.6) is 0 Å². The van der Waals surface area contributed by atoms with E-state index in [0.717, 1.165) is 0 Å². The van der Waals surface area contributed by atoms with Gasteiger partial charge >= 0.3 is 0 Å². The molecule has 1 saturated heterocycles. The molecular formula is C18H23FN2O4S. The van der Waals surface area contributed by atoms with Gasteiger partial charge in [-0.3, -0.25) is 4.79 Å². The zero-order valence-electron chi connectivity index (χ0n) is 15.1. The maximum Gasteiger partial charge on any atom is 0.287 e. The Kier molecular flexibility index (Phi) is 5.07. The highest BCUT2D eigenvalue weighted by Gasteiger charge is 2.30. The van der Waals surface area contributed by atoms with Crippen LogP contribution < -0.4 is 5.32 Å². The van der Waals surface area contributed by atoms with Gasteiger partial charge in [-0.05, 0) is 51.8 Å². The third-order valence-electron chi connectivity index (χ3n) is 4.55. The Bertz CT molecular complexity index is 928. The molecule has 142 valence electrons. The third kappa shape index (κ3) is 3.48. The molecule has 0 unspecified atom stereocenters. The van der Waals surface area contributed by atoms with Crippen molar-refractivity contribution in [2.75, 3.05) is 13.1 Å². The summed E-state index contributed by atoms with van der Waals surface area (Å²) >= 11 is 0. The number of carbonyl (C=O) groups is 1. The molecule has 1 aromatic heterocycles. The number of aryl methyl sites for hydroxylation is 1. The molecule has 0 spiro atoms. The molecule has 0 saturated carbocycles. The van der Waals surface area contributed by atoms with Crippen LogP contribution in [0.2, 0.25) is 0 Å². The summed E-state index contributed by atoms with van der Waals surface area (Å²) in [6.07, 6.45) is -0.514. The standard InChI is InChI=1S/C18H23FN2O4S/c1-11(2)20-18(22)17-12(3)15-10-14(4-5-16(15)25-17)26(23,24)21-8-6-13(19)7-9-21/h4-5,10-11,13H,6-9H2,1-3H3,(H,20,22). The Morgan fingerprint density at radius 2 is 1.96 bits per heavy atom. The first-order valence-electron chi connectivity index (χ1n) is 8.68. The van der Waals surface area contributed by atoms with Crippen molar-refractivity contribution < 1.29 is 22.0 Å². The number of furan rings is 1. The summed E-state index contributed by atoms with van der Waals surface area (Å²) in [7, 11) is -3.70. The molecule has 0 radical (unpaired) electrons. The Labute approximate surface area is 152 Å². The molecule has 1 fully saturated rings. The van der Waals surface area contributed by atoms with Crippen molar-refractivity contribution in [3.63, 3.8) is 0 Å². The summed E-state index contributed by atoms with van der Waals surface area (Å²) in [4.78, 5) is 12.4. The number of alkyl halides is 1. The van der Waals surface area contributed by atoms with E-state index in [4.69, 9.17) is 4.42 Å². The summed E-state index contributed by atoms with van der Waals surface area (Å²) in [6.45, 7) is 5.77. The number of rotatable bonds is 4. The quantitative estimate of drug-likeness (QED) is 0.882. The number of piperidine rings is 1. The predicted octanol–water partition coefficient (Wildman–Crippen LogP) is 3.00. The van der Waals surface area contributed by atoms with Crippen LogP contribution in [0.1, 0.15) is 42.8 Å². The highest BCUT2D eigenvalue weighted by molar-refractivity contribution is 7.89. The third-order valence-corrected chi connectivity index (χ3v) is 6.45. The Balaban J connectivity index is 1.96. The molecule has 0 aliphatic carbocycles. The summed E-state index contributed by atoms with van der Waals surface area (Å²) in [5, 5.41) is 3.35. The number of nitrogens with zero attached hydrogens (tertiary/aromatic N) is 1. The van der Waals surface area contributed by atoms with Gasteiger partial charge in [0.15, 0.2) is 5.76 Å². The summed E-state index contributed by atoms with van der Waals surface area (Å²) in [5.74, 6) is -0.149. The van der Waals surface area contributed by atoms with Gasteiger partial charge in [-0.2, -0.15) is 4.31 Å². The molecule has 1 amide bonds. The minimum absolute atomic E-state index is 0.0375. The number of amides is 1. The Morgan fingerprint density at radius 3 is 2.58 bits per heavy atom. The molecule has 2 aromatic rings. The van der Waals surface area contributed by atoms with Crippen LogP contribution in [0.3, 0.4) is 0 Å². The van der Waals surface area contributed by atoms with Crippen LogP contribution in [-0.2, 0) is 10.0 Å². The van der Waals surface area contributed by atoms with Crippen LogP contribution in [0.15, 0.2) is 27.5 Å². The average Bonchev–Trinajstić information content (AvgIpc) is 2.91. The van der Waals surface area contributed by atoms with Crippen molar-refractivity contribution in [3.8, 4) is 0 Å². The second-order valence-corrected chi connectivity index (χ2v) is 8.86. The topological polar surface area (TPSA) is 79.6 Å². The van der Waals surface area contributed by atoms with Gasteiger partial charge in [0.1, 0.15) is 11.8 Å². The lowest BCUT2D eigenvalue weighted by molar-refractivity contribution is 0.0916. The van der Waals surface area contributed by atoms with E-state index in [1.54, 1.807) is 13.0 Å². The van der Waals surface area contributed by atoms with Crippen LogP contribution in [0, 0.1) is 6.92 Å². The molecule has 1 N–H and O–H groups in total. The molecule has 2 heterocycles. The second kappa shape index (κ2) is 7.00. The van der Waals surface area contributed by atoms with E-state index >= 15 is 0 Å². The van der Waals surface area contributed by atoms with Gasteiger partial charge in [0.2, 0.25) is 10.0 Å². The molecule has 1 aromatic carbocycles. The molecular weight excluding hydrogens is 359 g/mol. The average molecular weight is 382 g/mol. The van der Waals surface area contributed by atoms with Crippen molar-refractivity contribution in [1.29, 1.82) is 0 Å². The van der Waals surface area contributed by atoms with Gasteiger partial charge < -0.3 is 9.73 Å². The van der Waals surface area contributed by atoms with Crippen molar-refractivity contribution in [2.45, 2.75) is 50.7 Å². The van der Waals surface area contributed by atoms with E-state index in [1.807, 2.05) is 13.8 Å². The van der Waals surface area contributed by atoms with Gasteiger partial charge in [0.25, 0.3) is 5.91 Å². The maximum absolute atomic E-state index is 13.3. The van der Waals surface area contributed by atoms with Crippen LogP contribution >= 0.6 is 0 Å². The van der Waals surface area contributed by atoms with E-state index in [1.165, 1.54) is 16.4 Å². The van der Waals surface area contributed by atoms with Crippen molar-refractivity contribution in [3.05, 3.63) is 29.5 Å². The Hall–Kier alpha value is -1.93. The SMILES string of the molecule is Cc1c(C(=O)NC(C)C)oc2ccc(S(=O)(=O)N3CCC(F)CC3)cc12. The summed E-state index contributed by atoms with van der Waals surface area (Å²) < 4.78 is 45.9. The number of halogens is 1.